The fourth-order valence-corrected chi connectivity index (χ4v) is 2.32. The molecule has 0 aliphatic rings. The third-order valence-corrected chi connectivity index (χ3v) is 3.92. The van der Waals surface area contributed by atoms with E-state index in [1.807, 2.05) is 27.7 Å². The molecule has 0 radical (unpaired) electrons. The fraction of sp³-hybridized carbons (Fsp3) is 0.500. The SMILES string of the molecule is CC(=O)c1cccc(OCCCC(=O)NC(C)c2nc(C(C)(C)C)no2)c1. The third-order valence-electron chi connectivity index (χ3n) is 3.92. The number of ether oxygens (including phenoxy) is 1. The van der Waals surface area contributed by atoms with E-state index in [0.717, 1.165) is 0 Å². The number of nitrogens with one attached hydrogen (secondary N) is 1. The maximum Gasteiger partial charge on any atom is 0.248 e. The van der Waals surface area contributed by atoms with Gasteiger partial charge in [-0.15, -0.1) is 0 Å². The number of hydrogen-bond acceptors (Lipinski definition) is 6. The Morgan fingerprint density at radius 2 is 2.04 bits per heavy atom. The van der Waals surface area contributed by atoms with E-state index in [4.69, 9.17) is 9.26 Å². The summed E-state index contributed by atoms with van der Waals surface area (Å²) < 4.78 is 10.8. The fourth-order valence-electron chi connectivity index (χ4n) is 2.32. The van der Waals surface area contributed by atoms with Gasteiger partial charge in [-0.1, -0.05) is 38.1 Å². The van der Waals surface area contributed by atoms with E-state index in [1.54, 1.807) is 24.3 Å². The minimum Gasteiger partial charge on any atom is -0.494 e. The summed E-state index contributed by atoms with van der Waals surface area (Å²) >= 11 is 0. The summed E-state index contributed by atoms with van der Waals surface area (Å²) in [7, 11) is 0. The van der Waals surface area contributed by atoms with Crippen LogP contribution in [0, 0.1) is 0 Å². The van der Waals surface area contributed by atoms with Gasteiger partial charge in [-0.05, 0) is 32.4 Å². The molecule has 146 valence electrons. The molecule has 1 aromatic heterocycles. The number of nitrogens with zero attached hydrogens (tertiary/aromatic N) is 2. The van der Waals surface area contributed by atoms with Crippen molar-refractivity contribution in [2.24, 2.45) is 0 Å². The van der Waals surface area contributed by atoms with Gasteiger partial charge in [0.05, 0.1) is 6.61 Å². The Balaban J connectivity index is 1.75. The first kappa shape index (κ1) is 20.6. The largest absolute Gasteiger partial charge is 0.494 e. The van der Waals surface area contributed by atoms with Crippen molar-refractivity contribution in [3.63, 3.8) is 0 Å². The molecule has 0 bridgehead atoms. The van der Waals surface area contributed by atoms with Gasteiger partial charge in [-0.2, -0.15) is 4.98 Å². The third kappa shape index (κ3) is 6.20. The quantitative estimate of drug-likeness (QED) is 0.561. The van der Waals surface area contributed by atoms with E-state index >= 15 is 0 Å². The lowest BCUT2D eigenvalue weighted by Crippen LogP contribution is -2.27. The van der Waals surface area contributed by atoms with Gasteiger partial charge in [0.2, 0.25) is 11.8 Å². The number of rotatable bonds is 8. The zero-order valence-electron chi connectivity index (χ0n) is 16.5. The molecule has 0 aliphatic carbocycles. The molecule has 7 heteroatoms. The van der Waals surface area contributed by atoms with Crippen LogP contribution in [0.1, 0.15) is 75.6 Å². The van der Waals surface area contributed by atoms with E-state index < -0.39 is 0 Å². The number of Topliss-reactive ketones (excluding diaryl/α,β-unsaturated/α-hetero) is 1. The molecule has 0 spiro atoms. The Kier molecular flexibility index (Phi) is 6.71. The van der Waals surface area contributed by atoms with Gasteiger partial charge in [0.1, 0.15) is 11.8 Å². The van der Waals surface area contributed by atoms with Crippen LogP contribution in [-0.4, -0.2) is 28.4 Å². The molecular formula is C20H27N3O4. The number of carbonyl (C=O) groups excluding carboxylic acids is 2. The number of ketones is 1. The standard InChI is InChI=1S/C20H27N3O4/c1-13(18-22-19(23-27-18)20(3,4)5)21-17(25)10-7-11-26-16-9-6-8-15(12-16)14(2)24/h6,8-9,12-13H,7,10-11H2,1-5H3,(H,21,25). The first-order valence-electron chi connectivity index (χ1n) is 9.04. The van der Waals surface area contributed by atoms with Crippen LogP contribution in [0.25, 0.3) is 0 Å². The summed E-state index contributed by atoms with van der Waals surface area (Å²) in [6.45, 7) is 9.70. The van der Waals surface area contributed by atoms with Gasteiger partial charge >= 0.3 is 0 Å². The molecule has 1 N–H and O–H groups in total. The molecule has 0 aliphatic heterocycles. The van der Waals surface area contributed by atoms with Gasteiger partial charge in [0.25, 0.3) is 0 Å². The smallest absolute Gasteiger partial charge is 0.248 e. The molecular weight excluding hydrogens is 346 g/mol. The molecule has 1 aromatic carbocycles. The summed E-state index contributed by atoms with van der Waals surface area (Å²) in [5.41, 5.74) is 0.399. The van der Waals surface area contributed by atoms with Crippen molar-refractivity contribution < 1.29 is 18.8 Å². The Labute approximate surface area is 159 Å². The van der Waals surface area contributed by atoms with Crippen LogP contribution in [0.4, 0.5) is 0 Å². The van der Waals surface area contributed by atoms with Crippen molar-refractivity contribution in [3.8, 4) is 5.75 Å². The molecule has 2 aromatic rings. The Bertz CT molecular complexity index is 793. The van der Waals surface area contributed by atoms with Crippen LogP contribution in [0.3, 0.4) is 0 Å². The van der Waals surface area contributed by atoms with Crippen molar-refractivity contribution in [2.45, 2.75) is 58.9 Å². The van der Waals surface area contributed by atoms with Gasteiger partial charge in [-0.25, -0.2) is 0 Å². The second kappa shape index (κ2) is 8.79. The van der Waals surface area contributed by atoms with Crippen LogP contribution in [0.15, 0.2) is 28.8 Å². The highest BCUT2D eigenvalue weighted by atomic mass is 16.5. The molecule has 27 heavy (non-hydrogen) atoms. The molecule has 1 atom stereocenters. The average Bonchev–Trinajstić information content (AvgIpc) is 3.09. The predicted octanol–water partition coefficient (Wildman–Crippen LogP) is 3.61. The molecule has 7 nitrogen and oxygen atoms in total. The highest BCUT2D eigenvalue weighted by Crippen LogP contribution is 2.20. The van der Waals surface area contributed by atoms with Crippen LogP contribution in [-0.2, 0) is 10.2 Å². The minimum atomic E-state index is -0.353. The molecule has 0 fully saturated rings. The predicted molar refractivity (Wildman–Crippen MR) is 101 cm³/mol. The topological polar surface area (TPSA) is 94.3 Å². The lowest BCUT2D eigenvalue weighted by molar-refractivity contribution is -0.122. The van der Waals surface area contributed by atoms with Gasteiger partial charge in [0, 0.05) is 17.4 Å². The zero-order chi connectivity index (χ0) is 20.0. The van der Waals surface area contributed by atoms with Crippen LogP contribution in [0.5, 0.6) is 5.75 Å². The van der Waals surface area contributed by atoms with Crippen molar-refractivity contribution in [2.75, 3.05) is 6.61 Å². The Morgan fingerprint density at radius 3 is 2.67 bits per heavy atom. The summed E-state index contributed by atoms with van der Waals surface area (Å²) in [6, 6.07) is 6.65. The lowest BCUT2D eigenvalue weighted by atomic mass is 9.96. The molecule has 2 rings (SSSR count). The molecule has 1 heterocycles. The maximum absolute atomic E-state index is 12.1. The van der Waals surface area contributed by atoms with E-state index in [2.05, 4.69) is 15.5 Å². The molecule has 1 amide bonds. The van der Waals surface area contributed by atoms with E-state index in [0.29, 0.717) is 42.5 Å². The maximum atomic E-state index is 12.1. The minimum absolute atomic E-state index is 0.00976. The number of carbonyl (C=O) groups is 2. The molecule has 0 saturated heterocycles. The van der Waals surface area contributed by atoms with Crippen molar-refractivity contribution in [1.82, 2.24) is 15.5 Å². The molecule has 1 unspecified atom stereocenters. The second-order valence-corrected chi connectivity index (χ2v) is 7.53. The zero-order valence-corrected chi connectivity index (χ0v) is 16.5. The Morgan fingerprint density at radius 1 is 1.30 bits per heavy atom. The number of benzene rings is 1. The summed E-state index contributed by atoms with van der Waals surface area (Å²) in [5, 5.41) is 6.81. The highest BCUT2D eigenvalue weighted by molar-refractivity contribution is 5.94. The molecule has 0 saturated carbocycles. The lowest BCUT2D eigenvalue weighted by Gasteiger charge is -2.12. The first-order chi connectivity index (χ1) is 12.7. The highest BCUT2D eigenvalue weighted by Gasteiger charge is 2.23. The van der Waals surface area contributed by atoms with E-state index in [1.165, 1.54) is 6.92 Å². The number of hydrogen-bond donors (Lipinski definition) is 1. The Hall–Kier alpha value is -2.70. The van der Waals surface area contributed by atoms with Gasteiger partial charge < -0.3 is 14.6 Å². The van der Waals surface area contributed by atoms with Crippen LogP contribution >= 0.6 is 0 Å². The van der Waals surface area contributed by atoms with Crippen molar-refractivity contribution >= 4 is 11.7 Å². The normalized spacial score (nSPS) is 12.5. The second-order valence-electron chi connectivity index (χ2n) is 7.53. The van der Waals surface area contributed by atoms with Crippen molar-refractivity contribution in [1.29, 1.82) is 0 Å². The monoisotopic (exact) mass is 373 g/mol. The number of amides is 1. The summed E-state index contributed by atoms with van der Waals surface area (Å²) in [6.07, 6.45) is 0.872. The van der Waals surface area contributed by atoms with Crippen LogP contribution < -0.4 is 10.1 Å². The summed E-state index contributed by atoms with van der Waals surface area (Å²) in [5.74, 6) is 1.51. The van der Waals surface area contributed by atoms with E-state index in [9.17, 15) is 9.59 Å². The average molecular weight is 373 g/mol. The van der Waals surface area contributed by atoms with E-state index in [-0.39, 0.29) is 23.1 Å². The van der Waals surface area contributed by atoms with Crippen molar-refractivity contribution in [3.05, 3.63) is 41.5 Å². The summed E-state index contributed by atoms with van der Waals surface area (Å²) in [4.78, 5) is 27.8. The number of aromatic nitrogens is 2. The first-order valence-corrected chi connectivity index (χ1v) is 9.04. The van der Waals surface area contributed by atoms with Gasteiger partial charge in [0.15, 0.2) is 11.6 Å². The van der Waals surface area contributed by atoms with Gasteiger partial charge in [-0.3, -0.25) is 9.59 Å². The van der Waals surface area contributed by atoms with Crippen LogP contribution in [0.2, 0.25) is 0 Å².